The van der Waals surface area contributed by atoms with Crippen molar-refractivity contribution in [3.63, 3.8) is 0 Å². The van der Waals surface area contributed by atoms with Crippen molar-refractivity contribution in [2.45, 2.75) is 77.3 Å². The smallest absolute Gasteiger partial charge is 0.244 e. The van der Waals surface area contributed by atoms with Gasteiger partial charge in [0, 0.05) is 12.6 Å². The van der Waals surface area contributed by atoms with Gasteiger partial charge in [-0.15, -0.1) is 0 Å². The molecule has 0 radical (unpaired) electrons. The molecule has 20 heavy (non-hydrogen) atoms. The molecule has 1 unspecified atom stereocenters. The topological polar surface area (TPSA) is 64.0 Å². The Balaban J connectivity index is 2.62. The molecule has 0 aliphatic heterocycles. The zero-order valence-electron chi connectivity index (χ0n) is 13.0. The molecule has 116 valence electrons. The van der Waals surface area contributed by atoms with Crippen LogP contribution >= 0.6 is 0 Å². The fraction of sp³-hybridized carbons (Fsp3) is 0.786. The Hall–Kier alpha value is -0.880. The molecule has 1 aromatic heterocycles. The van der Waals surface area contributed by atoms with Gasteiger partial charge in [-0.3, -0.25) is 4.68 Å². The predicted octanol–water partition coefficient (Wildman–Crippen LogP) is 2.85. The average Bonchev–Trinajstić information content (AvgIpc) is 2.76. The average molecular weight is 301 g/mol. The molecule has 5 nitrogen and oxygen atoms in total. The summed E-state index contributed by atoms with van der Waals surface area (Å²) in [6.45, 7) is 8.49. The van der Waals surface area contributed by atoms with E-state index in [0.717, 1.165) is 19.3 Å². The highest BCUT2D eigenvalue weighted by molar-refractivity contribution is 7.89. The van der Waals surface area contributed by atoms with E-state index >= 15 is 0 Å². The highest BCUT2D eigenvalue weighted by Crippen LogP contribution is 2.15. The first-order valence-electron chi connectivity index (χ1n) is 7.47. The predicted molar refractivity (Wildman–Crippen MR) is 81.2 cm³/mol. The Morgan fingerprint density at radius 2 is 2.00 bits per heavy atom. The van der Waals surface area contributed by atoms with Gasteiger partial charge >= 0.3 is 0 Å². The van der Waals surface area contributed by atoms with E-state index < -0.39 is 10.0 Å². The van der Waals surface area contributed by atoms with Crippen LogP contribution < -0.4 is 4.72 Å². The van der Waals surface area contributed by atoms with Crippen molar-refractivity contribution in [2.75, 3.05) is 0 Å². The van der Waals surface area contributed by atoms with E-state index in [1.165, 1.54) is 19.0 Å². The number of sulfonamides is 1. The quantitative estimate of drug-likeness (QED) is 0.713. The minimum absolute atomic E-state index is 0.0405. The van der Waals surface area contributed by atoms with Gasteiger partial charge in [0.05, 0.1) is 11.9 Å². The van der Waals surface area contributed by atoms with E-state index in [1.807, 2.05) is 13.8 Å². The minimum atomic E-state index is -3.46. The van der Waals surface area contributed by atoms with Gasteiger partial charge in [-0.25, -0.2) is 13.1 Å². The molecular formula is C14H27N3O2S. The van der Waals surface area contributed by atoms with Crippen molar-refractivity contribution in [1.29, 1.82) is 0 Å². The number of unbranched alkanes of at least 4 members (excludes halogenated alkanes) is 3. The van der Waals surface area contributed by atoms with Gasteiger partial charge in [-0.1, -0.05) is 32.6 Å². The molecule has 0 saturated carbocycles. The fourth-order valence-electron chi connectivity index (χ4n) is 2.28. The lowest BCUT2D eigenvalue weighted by atomic mass is 10.1. The van der Waals surface area contributed by atoms with Crippen LogP contribution in [0.5, 0.6) is 0 Å². The monoisotopic (exact) mass is 301 g/mol. The largest absolute Gasteiger partial charge is 0.269 e. The Kier molecular flexibility index (Phi) is 6.68. The first-order valence-corrected chi connectivity index (χ1v) is 8.95. The van der Waals surface area contributed by atoms with Crippen LogP contribution in [0.3, 0.4) is 0 Å². The molecule has 1 rings (SSSR count). The minimum Gasteiger partial charge on any atom is -0.269 e. The lowest BCUT2D eigenvalue weighted by Crippen LogP contribution is -2.32. The van der Waals surface area contributed by atoms with Crippen LogP contribution in [-0.4, -0.2) is 24.2 Å². The zero-order valence-corrected chi connectivity index (χ0v) is 13.8. The summed E-state index contributed by atoms with van der Waals surface area (Å²) < 4.78 is 29.1. The Morgan fingerprint density at radius 1 is 1.30 bits per heavy atom. The van der Waals surface area contributed by atoms with E-state index in [2.05, 4.69) is 16.7 Å². The molecule has 6 heteroatoms. The molecule has 0 saturated heterocycles. The molecule has 1 atom stereocenters. The fourth-order valence-corrected chi connectivity index (χ4v) is 3.73. The third-order valence-corrected chi connectivity index (χ3v) is 5.19. The second-order valence-corrected chi connectivity index (χ2v) is 6.96. The SMILES string of the molecule is CCCCCCC(C)NS(=O)(=O)c1cnn(CC)c1C. The van der Waals surface area contributed by atoms with E-state index in [0.29, 0.717) is 17.1 Å². The van der Waals surface area contributed by atoms with Crippen molar-refractivity contribution < 1.29 is 8.42 Å². The molecule has 0 aromatic carbocycles. The van der Waals surface area contributed by atoms with Gasteiger partial charge in [0.25, 0.3) is 0 Å². The van der Waals surface area contributed by atoms with E-state index in [9.17, 15) is 8.42 Å². The second kappa shape index (κ2) is 7.78. The zero-order chi connectivity index (χ0) is 15.2. The summed E-state index contributed by atoms with van der Waals surface area (Å²) in [5, 5.41) is 4.09. The Morgan fingerprint density at radius 3 is 2.55 bits per heavy atom. The van der Waals surface area contributed by atoms with Crippen LogP contribution in [-0.2, 0) is 16.6 Å². The number of nitrogens with one attached hydrogen (secondary N) is 1. The van der Waals surface area contributed by atoms with Crippen molar-refractivity contribution in [1.82, 2.24) is 14.5 Å². The van der Waals surface area contributed by atoms with Crippen LogP contribution in [0.15, 0.2) is 11.1 Å². The molecular weight excluding hydrogens is 274 g/mol. The summed E-state index contributed by atoms with van der Waals surface area (Å²) >= 11 is 0. The molecule has 0 bridgehead atoms. The van der Waals surface area contributed by atoms with Gasteiger partial charge in [0.1, 0.15) is 4.90 Å². The van der Waals surface area contributed by atoms with Gasteiger partial charge in [-0.05, 0) is 27.2 Å². The van der Waals surface area contributed by atoms with Crippen molar-refractivity contribution >= 4 is 10.0 Å². The molecule has 1 aromatic rings. The summed E-state index contributed by atoms with van der Waals surface area (Å²) in [4.78, 5) is 0.291. The maximum absolute atomic E-state index is 12.3. The number of aromatic nitrogens is 2. The lowest BCUT2D eigenvalue weighted by molar-refractivity contribution is 0.521. The number of nitrogens with zero attached hydrogens (tertiary/aromatic N) is 2. The molecule has 0 amide bonds. The maximum atomic E-state index is 12.3. The summed E-state index contributed by atoms with van der Waals surface area (Å²) in [5.41, 5.74) is 0.693. The van der Waals surface area contributed by atoms with Crippen LogP contribution in [0.4, 0.5) is 0 Å². The van der Waals surface area contributed by atoms with Crippen molar-refractivity contribution in [3.05, 3.63) is 11.9 Å². The number of rotatable bonds is 9. The first-order chi connectivity index (χ1) is 9.42. The second-order valence-electron chi connectivity index (χ2n) is 5.28. The summed E-state index contributed by atoms with van der Waals surface area (Å²) in [6.07, 6.45) is 6.93. The highest BCUT2D eigenvalue weighted by Gasteiger charge is 2.22. The Labute approximate surface area is 122 Å². The summed E-state index contributed by atoms with van der Waals surface area (Å²) in [7, 11) is -3.46. The number of hydrogen-bond donors (Lipinski definition) is 1. The molecule has 0 fully saturated rings. The number of aryl methyl sites for hydroxylation is 1. The standard InChI is InChI=1S/C14H27N3O2S/c1-5-7-8-9-10-12(3)16-20(18,19)14-11-15-17(6-2)13(14)4/h11-12,16H,5-10H2,1-4H3. The van der Waals surface area contributed by atoms with Gasteiger partial charge in [0.2, 0.25) is 10.0 Å². The molecule has 1 heterocycles. The van der Waals surface area contributed by atoms with E-state index in [1.54, 1.807) is 11.6 Å². The highest BCUT2D eigenvalue weighted by atomic mass is 32.2. The number of hydrogen-bond acceptors (Lipinski definition) is 3. The van der Waals surface area contributed by atoms with Gasteiger partial charge in [0.15, 0.2) is 0 Å². The first kappa shape index (κ1) is 17.2. The van der Waals surface area contributed by atoms with Crippen LogP contribution in [0.1, 0.15) is 58.6 Å². The van der Waals surface area contributed by atoms with Gasteiger partial charge < -0.3 is 0 Å². The Bertz CT molecular complexity index is 508. The normalized spacial score (nSPS) is 13.6. The van der Waals surface area contributed by atoms with E-state index in [-0.39, 0.29) is 6.04 Å². The van der Waals surface area contributed by atoms with E-state index in [4.69, 9.17) is 0 Å². The molecule has 0 aliphatic carbocycles. The van der Waals surface area contributed by atoms with Crippen molar-refractivity contribution in [3.8, 4) is 0 Å². The molecule has 0 aliphatic rings. The third-order valence-electron chi connectivity index (χ3n) is 3.49. The summed E-state index contributed by atoms with van der Waals surface area (Å²) in [6, 6.07) is -0.0405. The lowest BCUT2D eigenvalue weighted by Gasteiger charge is -2.14. The van der Waals surface area contributed by atoms with Crippen LogP contribution in [0, 0.1) is 6.92 Å². The molecule has 1 N–H and O–H groups in total. The maximum Gasteiger partial charge on any atom is 0.244 e. The van der Waals surface area contributed by atoms with Crippen LogP contribution in [0.2, 0.25) is 0 Å². The van der Waals surface area contributed by atoms with Crippen molar-refractivity contribution in [2.24, 2.45) is 0 Å². The molecule has 0 spiro atoms. The van der Waals surface area contributed by atoms with Crippen LogP contribution in [0.25, 0.3) is 0 Å². The van der Waals surface area contributed by atoms with Gasteiger partial charge in [-0.2, -0.15) is 5.10 Å². The summed E-state index contributed by atoms with van der Waals surface area (Å²) in [5.74, 6) is 0. The third kappa shape index (κ3) is 4.59.